The average molecular weight is 508 g/mol. The third-order valence-corrected chi connectivity index (χ3v) is 6.49. The van der Waals surface area contributed by atoms with E-state index in [0.29, 0.717) is 36.2 Å². The smallest absolute Gasteiger partial charge is 0.332 e. The first-order valence-electron chi connectivity index (χ1n) is 12.8. The van der Waals surface area contributed by atoms with E-state index in [0.717, 1.165) is 31.2 Å². The Balaban J connectivity index is 1.42. The molecule has 0 amide bonds. The molecule has 2 heterocycles. The quantitative estimate of drug-likeness (QED) is 0.305. The van der Waals surface area contributed by atoms with Gasteiger partial charge in [-0.15, -0.1) is 0 Å². The molecule has 1 aromatic carbocycles. The SMILES string of the molecule is CC(C)(C)OC(=O)COC[C@H]1CC[C@H](Cn2nc(-c3ccccc3)c(-c3cccnc3F)cc2=O)CC1. The highest BCUT2D eigenvalue weighted by Crippen LogP contribution is 2.32. The Morgan fingerprint density at radius 1 is 1.03 bits per heavy atom. The maximum Gasteiger partial charge on any atom is 0.332 e. The molecule has 37 heavy (non-hydrogen) atoms. The van der Waals surface area contributed by atoms with Crippen molar-refractivity contribution in [3.05, 3.63) is 71.0 Å². The summed E-state index contributed by atoms with van der Waals surface area (Å²) in [6, 6.07) is 14.2. The first-order valence-corrected chi connectivity index (χ1v) is 12.8. The van der Waals surface area contributed by atoms with Crippen molar-refractivity contribution in [2.45, 2.75) is 58.6 Å². The van der Waals surface area contributed by atoms with Crippen molar-refractivity contribution in [3.63, 3.8) is 0 Å². The molecule has 8 heteroatoms. The zero-order valence-electron chi connectivity index (χ0n) is 21.7. The maximum absolute atomic E-state index is 14.5. The summed E-state index contributed by atoms with van der Waals surface area (Å²) >= 11 is 0. The van der Waals surface area contributed by atoms with Crippen LogP contribution < -0.4 is 5.56 Å². The summed E-state index contributed by atoms with van der Waals surface area (Å²) in [5.41, 5.74) is 1.27. The van der Waals surface area contributed by atoms with Crippen LogP contribution in [0.5, 0.6) is 0 Å². The van der Waals surface area contributed by atoms with Crippen molar-refractivity contribution >= 4 is 5.97 Å². The summed E-state index contributed by atoms with van der Waals surface area (Å²) in [5.74, 6) is -0.308. The molecule has 0 spiro atoms. The lowest BCUT2D eigenvalue weighted by molar-refractivity contribution is -0.160. The number of benzene rings is 1. The molecule has 2 aromatic heterocycles. The molecular weight excluding hydrogens is 473 g/mol. The van der Waals surface area contributed by atoms with E-state index >= 15 is 0 Å². The molecule has 1 fully saturated rings. The van der Waals surface area contributed by atoms with Crippen LogP contribution in [0.3, 0.4) is 0 Å². The zero-order valence-corrected chi connectivity index (χ0v) is 21.7. The van der Waals surface area contributed by atoms with Gasteiger partial charge in [0, 0.05) is 35.5 Å². The molecule has 0 aliphatic heterocycles. The molecule has 4 rings (SSSR count). The summed E-state index contributed by atoms with van der Waals surface area (Å²) in [4.78, 5) is 28.6. The molecule has 0 radical (unpaired) electrons. The highest BCUT2D eigenvalue weighted by atomic mass is 19.1. The van der Waals surface area contributed by atoms with Gasteiger partial charge in [0.25, 0.3) is 5.56 Å². The van der Waals surface area contributed by atoms with Crippen LogP contribution in [0, 0.1) is 17.8 Å². The Labute approximate surface area is 216 Å². The van der Waals surface area contributed by atoms with Crippen LogP contribution in [0.15, 0.2) is 59.5 Å². The normalized spacial score (nSPS) is 17.9. The van der Waals surface area contributed by atoms with Crippen LogP contribution in [0.4, 0.5) is 4.39 Å². The molecule has 1 aliphatic rings. The molecule has 3 aromatic rings. The minimum absolute atomic E-state index is 0.0390. The van der Waals surface area contributed by atoms with Crippen LogP contribution in [-0.2, 0) is 20.8 Å². The number of pyridine rings is 1. The molecular formula is C29H34FN3O4. The van der Waals surface area contributed by atoms with Crippen molar-refractivity contribution in [1.29, 1.82) is 0 Å². The fourth-order valence-electron chi connectivity index (χ4n) is 4.73. The minimum atomic E-state index is -0.633. The second-order valence-electron chi connectivity index (χ2n) is 10.6. The lowest BCUT2D eigenvalue weighted by Gasteiger charge is -2.28. The van der Waals surface area contributed by atoms with Gasteiger partial charge in [0.1, 0.15) is 12.2 Å². The number of rotatable bonds is 8. The predicted molar refractivity (Wildman–Crippen MR) is 139 cm³/mol. The number of nitrogens with zero attached hydrogens (tertiary/aromatic N) is 3. The lowest BCUT2D eigenvalue weighted by atomic mass is 9.82. The van der Waals surface area contributed by atoms with Gasteiger partial charge in [-0.3, -0.25) is 4.79 Å². The summed E-state index contributed by atoms with van der Waals surface area (Å²) < 4.78 is 26.9. The van der Waals surface area contributed by atoms with Crippen LogP contribution in [0.25, 0.3) is 22.4 Å². The van der Waals surface area contributed by atoms with E-state index in [9.17, 15) is 14.0 Å². The van der Waals surface area contributed by atoms with Gasteiger partial charge in [-0.2, -0.15) is 9.49 Å². The number of carbonyl (C=O) groups excluding carboxylic acids is 1. The van der Waals surface area contributed by atoms with E-state index in [1.54, 1.807) is 12.1 Å². The molecule has 1 aliphatic carbocycles. The molecule has 7 nitrogen and oxygen atoms in total. The summed E-state index contributed by atoms with van der Waals surface area (Å²) in [5, 5.41) is 4.70. The fourth-order valence-corrected chi connectivity index (χ4v) is 4.73. The monoisotopic (exact) mass is 507 g/mol. The van der Waals surface area contributed by atoms with Crippen molar-refractivity contribution < 1.29 is 18.7 Å². The number of hydrogen-bond donors (Lipinski definition) is 0. The third kappa shape index (κ3) is 7.32. The largest absolute Gasteiger partial charge is 0.458 e. The molecule has 1 saturated carbocycles. The van der Waals surface area contributed by atoms with E-state index < -0.39 is 11.5 Å². The number of hydrogen-bond acceptors (Lipinski definition) is 6. The topological polar surface area (TPSA) is 83.3 Å². The van der Waals surface area contributed by atoms with Crippen LogP contribution in [-0.4, -0.2) is 39.5 Å². The molecule has 0 unspecified atom stereocenters. The van der Waals surface area contributed by atoms with E-state index in [2.05, 4.69) is 4.98 Å². The molecule has 0 saturated heterocycles. The van der Waals surface area contributed by atoms with E-state index in [4.69, 9.17) is 14.6 Å². The van der Waals surface area contributed by atoms with Gasteiger partial charge < -0.3 is 9.47 Å². The molecule has 0 atom stereocenters. The fraction of sp³-hybridized carbons (Fsp3) is 0.448. The van der Waals surface area contributed by atoms with Crippen molar-refractivity contribution in [3.8, 4) is 22.4 Å². The average Bonchev–Trinajstić information content (AvgIpc) is 2.86. The molecule has 0 bridgehead atoms. The van der Waals surface area contributed by atoms with Crippen LogP contribution in [0.1, 0.15) is 46.5 Å². The second-order valence-corrected chi connectivity index (χ2v) is 10.6. The second kappa shape index (κ2) is 11.8. The van der Waals surface area contributed by atoms with Gasteiger partial charge in [-0.1, -0.05) is 30.3 Å². The van der Waals surface area contributed by atoms with E-state index in [1.807, 2.05) is 51.1 Å². The van der Waals surface area contributed by atoms with Gasteiger partial charge >= 0.3 is 5.97 Å². The standard InChI is InChI=1S/C29H34FN3O4/c1-29(2,3)37-26(35)19-36-18-21-13-11-20(12-14-21)17-33-25(34)16-24(23-10-7-15-31-28(23)30)27(32-33)22-8-5-4-6-9-22/h4-10,15-16,20-21H,11-14,17-19H2,1-3H3/t20-,21-. The van der Waals surface area contributed by atoms with Crippen molar-refractivity contribution in [2.75, 3.05) is 13.2 Å². The molecule has 0 N–H and O–H groups in total. The Morgan fingerprint density at radius 2 is 1.73 bits per heavy atom. The zero-order chi connectivity index (χ0) is 26.4. The number of esters is 1. The van der Waals surface area contributed by atoms with Gasteiger partial charge in [-0.25, -0.2) is 14.5 Å². The Kier molecular flexibility index (Phi) is 8.48. The number of halogens is 1. The summed E-state index contributed by atoms with van der Waals surface area (Å²) in [7, 11) is 0. The first-order chi connectivity index (χ1) is 17.7. The Bertz CT molecular complexity index is 1260. The van der Waals surface area contributed by atoms with Gasteiger partial charge in [0.2, 0.25) is 5.95 Å². The summed E-state index contributed by atoms with van der Waals surface area (Å²) in [6.45, 7) is 6.48. The van der Waals surface area contributed by atoms with Crippen LogP contribution >= 0.6 is 0 Å². The maximum atomic E-state index is 14.5. The predicted octanol–water partition coefficient (Wildman–Crippen LogP) is 5.28. The Morgan fingerprint density at radius 3 is 2.41 bits per heavy atom. The number of aromatic nitrogens is 3. The third-order valence-electron chi connectivity index (χ3n) is 6.49. The lowest BCUT2D eigenvalue weighted by Crippen LogP contribution is -2.30. The number of carbonyl (C=O) groups is 1. The highest BCUT2D eigenvalue weighted by molar-refractivity contribution is 5.80. The first kappa shape index (κ1) is 26.7. The van der Waals surface area contributed by atoms with Gasteiger partial charge in [0.15, 0.2) is 0 Å². The van der Waals surface area contributed by atoms with Gasteiger partial charge in [-0.05, 0) is 70.4 Å². The minimum Gasteiger partial charge on any atom is -0.458 e. The van der Waals surface area contributed by atoms with Gasteiger partial charge in [0.05, 0.1) is 12.3 Å². The number of ether oxygens (including phenoxy) is 2. The summed E-state index contributed by atoms with van der Waals surface area (Å²) in [6.07, 6.45) is 5.17. The van der Waals surface area contributed by atoms with Crippen molar-refractivity contribution in [2.24, 2.45) is 11.8 Å². The van der Waals surface area contributed by atoms with Crippen LogP contribution in [0.2, 0.25) is 0 Å². The highest BCUT2D eigenvalue weighted by Gasteiger charge is 2.24. The Hall–Kier alpha value is -3.39. The molecule has 196 valence electrons. The van der Waals surface area contributed by atoms with E-state index in [-0.39, 0.29) is 23.7 Å². The van der Waals surface area contributed by atoms with Crippen molar-refractivity contribution in [1.82, 2.24) is 14.8 Å². The van der Waals surface area contributed by atoms with E-state index in [1.165, 1.54) is 16.9 Å².